The fourth-order valence-corrected chi connectivity index (χ4v) is 1.76. The van der Waals surface area contributed by atoms with Gasteiger partial charge in [0.05, 0.1) is 5.56 Å². The van der Waals surface area contributed by atoms with Crippen LogP contribution in [0.25, 0.3) is 0 Å². The zero-order valence-corrected chi connectivity index (χ0v) is 11.1. The average molecular weight is 272 g/mol. The number of hydrogen-bond donors (Lipinski definition) is 2. The van der Waals surface area contributed by atoms with E-state index in [1.807, 2.05) is 6.07 Å². The highest BCUT2D eigenvalue weighted by Gasteiger charge is 2.14. The summed E-state index contributed by atoms with van der Waals surface area (Å²) in [6, 6.07) is 13.1. The number of rotatable bonds is 5. The summed E-state index contributed by atoms with van der Waals surface area (Å²) in [5.41, 5.74) is 0.708. The van der Waals surface area contributed by atoms with E-state index in [4.69, 9.17) is 4.74 Å². The third-order valence-corrected chi connectivity index (χ3v) is 2.87. The number of phenolic OH excluding ortho intramolecular Hbond substituents is 1. The largest absolute Gasteiger partial charge is 0.507 e. The van der Waals surface area contributed by atoms with Gasteiger partial charge in [0.2, 0.25) is 0 Å². The van der Waals surface area contributed by atoms with Crippen LogP contribution < -0.4 is 4.74 Å². The number of carbonyl (C=O) groups excluding carboxylic acids is 1. The molecule has 0 saturated heterocycles. The molecule has 0 saturated carbocycles. The Morgan fingerprint density at radius 2 is 1.90 bits per heavy atom. The Balaban J connectivity index is 2.24. The first kappa shape index (κ1) is 14.1. The van der Waals surface area contributed by atoms with Gasteiger partial charge in [0.1, 0.15) is 11.5 Å². The first-order valence-electron chi connectivity index (χ1n) is 6.39. The molecule has 0 fully saturated rings. The SMILES string of the molecule is CCC(O)Oc1ccc(C(=O)c2ccccc2)c(O)c1. The summed E-state index contributed by atoms with van der Waals surface area (Å²) in [5.74, 6) is -0.105. The minimum atomic E-state index is -0.926. The summed E-state index contributed by atoms with van der Waals surface area (Å²) in [6.07, 6.45) is -0.490. The van der Waals surface area contributed by atoms with Crippen molar-refractivity contribution in [1.29, 1.82) is 0 Å². The van der Waals surface area contributed by atoms with Crippen LogP contribution in [0.2, 0.25) is 0 Å². The third kappa shape index (κ3) is 3.16. The highest BCUT2D eigenvalue weighted by atomic mass is 16.6. The van der Waals surface area contributed by atoms with Gasteiger partial charge >= 0.3 is 0 Å². The standard InChI is InChI=1S/C16H16O4/c1-2-15(18)20-12-8-9-13(14(17)10-12)16(19)11-6-4-3-5-7-11/h3-10,15,17-18H,2H2,1H3. The quantitative estimate of drug-likeness (QED) is 0.648. The van der Waals surface area contributed by atoms with Crippen molar-refractivity contribution in [2.75, 3.05) is 0 Å². The molecule has 2 aromatic rings. The summed E-state index contributed by atoms with van der Waals surface area (Å²) in [5, 5.41) is 19.3. The number of phenols is 1. The average Bonchev–Trinajstić information content (AvgIpc) is 2.47. The van der Waals surface area contributed by atoms with E-state index in [1.165, 1.54) is 12.1 Å². The molecular formula is C16H16O4. The predicted octanol–water partition coefficient (Wildman–Crippen LogP) is 2.73. The molecule has 0 aromatic heterocycles. The summed E-state index contributed by atoms with van der Waals surface area (Å²) in [6.45, 7) is 1.78. The van der Waals surface area contributed by atoms with Crippen molar-refractivity contribution >= 4 is 5.78 Å². The van der Waals surface area contributed by atoms with Crippen molar-refractivity contribution < 1.29 is 19.7 Å². The molecule has 1 atom stereocenters. The lowest BCUT2D eigenvalue weighted by molar-refractivity contribution is -0.0192. The van der Waals surface area contributed by atoms with E-state index in [0.717, 1.165) is 0 Å². The number of benzene rings is 2. The third-order valence-electron chi connectivity index (χ3n) is 2.87. The van der Waals surface area contributed by atoms with Gasteiger partial charge in [0.25, 0.3) is 0 Å². The Hall–Kier alpha value is -2.33. The molecule has 2 aromatic carbocycles. The smallest absolute Gasteiger partial charge is 0.197 e. The first-order valence-corrected chi connectivity index (χ1v) is 6.39. The van der Waals surface area contributed by atoms with Crippen LogP contribution >= 0.6 is 0 Å². The predicted molar refractivity (Wildman–Crippen MR) is 74.9 cm³/mol. The molecule has 0 amide bonds. The van der Waals surface area contributed by atoms with Crippen LogP contribution in [0, 0.1) is 0 Å². The fraction of sp³-hybridized carbons (Fsp3) is 0.188. The number of carbonyl (C=O) groups is 1. The van der Waals surface area contributed by atoms with Crippen molar-refractivity contribution in [2.24, 2.45) is 0 Å². The lowest BCUT2D eigenvalue weighted by Crippen LogP contribution is -2.13. The van der Waals surface area contributed by atoms with Crippen LogP contribution in [0.5, 0.6) is 11.5 Å². The zero-order valence-electron chi connectivity index (χ0n) is 11.1. The second kappa shape index (κ2) is 6.21. The van der Waals surface area contributed by atoms with Crippen molar-refractivity contribution in [3.63, 3.8) is 0 Å². The van der Waals surface area contributed by atoms with E-state index in [0.29, 0.717) is 17.7 Å². The zero-order chi connectivity index (χ0) is 14.5. The molecule has 0 aliphatic rings. The topological polar surface area (TPSA) is 66.8 Å². The number of ketones is 1. The minimum Gasteiger partial charge on any atom is -0.507 e. The van der Waals surface area contributed by atoms with E-state index in [2.05, 4.69) is 0 Å². The Labute approximate surface area is 117 Å². The van der Waals surface area contributed by atoms with Crippen LogP contribution in [0.15, 0.2) is 48.5 Å². The maximum atomic E-state index is 12.2. The first-order chi connectivity index (χ1) is 9.61. The van der Waals surface area contributed by atoms with Gasteiger partial charge in [-0.2, -0.15) is 0 Å². The van der Waals surface area contributed by atoms with Crippen LogP contribution in [0.1, 0.15) is 29.3 Å². The molecule has 1 unspecified atom stereocenters. The normalized spacial score (nSPS) is 11.9. The van der Waals surface area contributed by atoms with Crippen molar-refractivity contribution in [1.82, 2.24) is 0 Å². The summed E-state index contributed by atoms with van der Waals surface area (Å²) >= 11 is 0. The van der Waals surface area contributed by atoms with Gasteiger partial charge in [-0.1, -0.05) is 37.3 Å². The van der Waals surface area contributed by atoms with E-state index >= 15 is 0 Å². The van der Waals surface area contributed by atoms with Crippen LogP contribution in [0.4, 0.5) is 0 Å². The molecule has 2 rings (SSSR count). The fourth-order valence-electron chi connectivity index (χ4n) is 1.76. The monoisotopic (exact) mass is 272 g/mol. The second-order valence-electron chi connectivity index (χ2n) is 4.35. The van der Waals surface area contributed by atoms with Gasteiger partial charge in [-0.3, -0.25) is 4.79 Å². The van der Waals surface area contributed by atoms with E-state index < -0.39 is 6.29 Å². The Morgan fingerprint density at radius 3 is 2.50 bits per heavy atom. The van der Waals surface area contributed by atoms with E-state index in [-0.39, 0.29) is 17.1 Å². The molecule has 4 nitrogen and oxygen atoms in total. The molecule has 0 radical (unpaired) electrons. The highest BCUT2D eigenvalue weighted by Crippen LogP contribution is 2.26. The highest BCUT2D eigenvalue weighted by molar-refractivity contribution is 6.10. The molecule has 0 bridgehead atoms. The summed E-state index contributed by atoms with van der Waals surface area (Å²) in [4.78, 5) is 12.2. The molecule has 0 spiro atoms. The maximum Gasteiger partial charge on any atom is 0.197 e. The van der Waals surface area contributed by atoms with Crippen LogP contribution in [0.3, 0.4) is 0 Å². The molecule has 0 heterocycles. The molecule has 2 N–H and O–H groups in total. The minimum absolute atomic E-state index is 0.167. The van der Waals surface area contributed by atoms with Gasteiger partial charge in [-0.15, -0.1) is 0 Å². The van der Waals surface area contributed by atoms with Crippen molar-refractivity contribution in [3.8, 4) is 11.5 Å². The van der Waals surface area contributed by atoms with E-state index in [9.17, 15) is 15.0 Å². The van der Waals surface area contributed by atoms with Crippen molar-refractivity contribution in [3.05, 3.63) is 59.7 Å². The molecule has 4 heteroatoms. The van der Waals surface area contributed by atoms with Gasteiger partial charge in [-0.25, -0.2) is 0 Å². The van der Waals surface area contributed by atoms with Crippen LogP contribution in [-0.2, 0) is 0 Å². The van der Waals surface area contributed by atoms with Gasteiger partial charge in [-0.05, 0) is 12.1 Å². The maximum absolute atomic E-state index is 12.2. The van der Waals surface area contributed by atoms with E-state index in [1.54, 1.807) is 37.3 Å². The van der Waals surface area contributed by atoms with Crippen molar-refractivity contribution in [2.45, 2.75) is 19.6 Å². The lowest BCUT2D eigenvalue weighted by atomic mass is 10.0. The lowest BCUT2D eigenvalue weighted by Gasteiger charge is -2.12. The number of aliphatic hydroxyl groups is 1. The molecule has 104 valence electrons. The molecule has 20 heavy (non-hydrogen) atoms. The van der Waals surface area contributed by atoms with Crippen LogP contribution in [-0.4, -0.2) is 22.3 Å². The number of hydrogen-bond acceptors (Lipinski definition) is 4. The van der Waals surface area contributed by atoms with Gasteiger partial charge in [0, 0.05) is 18.1 Å². The number of aliphatic hydroxyl groups excluding tert-OH is 1. The molecule has 0 aliphatic carbocycles. The molecular weight excluding hydrogens is 256 g/mol. The van der Waals surface area contributed by atoms with Gasteiger partial charge < -0.3 is 14.9 Å². The Bertz CT molecular complexity index is 593. The van der Waals surface area contributed by atoms with Gasteiger partial charge in [0.15, 0.2) is 12.1 Å². The number of aromatic hydroxyl groups is 1. The second-order valence-corrected chi connectivity index (χ2v) is 4.35. The Morgan fingerprint density at radius 1 is 1.20 bits per heavy atom. The number of ether oxygens (including phenoxy) is 1. The summed E-state index contributed by atoms with van der Waals surface area (Å²) in [7, 11) is 0. The molecule has 0 aliphatic heterocycles. The Kier molecular flexibility index (Phi) is 4.38. The summed E-state index contributed by atoms with van der Waals surface area (Å²) < 4.78 is 5.17.